The molecule has 1 rings (SSSR count). The summed E-state index contributed by atoms with van der Waals surface area (Å²) in [5.74, 6) is 0. The fourth-order valence-electron chi connectivity index (χ4n) is 1.19. The van der Waals surface area contributed by atoms with Gasteiger partial charge in [-0.1, -0.05) is 0 Å². The highest BCUT2D eigenvalue weighted by Gasteiger charge is 2.40. The summed E-state index contributed by atoms with van der Waals surface area (Å²) in [7, 11) is 1.68. The molecule has 0 amide bonds. The maximum atomic E-state index is 12.3. The van der Waals surface area contributed by atoms with E-state index in [4.69, 9.17) is 4.74 Å². The summed E-state index contributed by atoms with van der Waals surface area (Å²) < 4.78 is 29.5. The van der Waals surface area contributed by atoms with E-state index in [1.165, 1.54) is 0 Å². The van der Waals surface area contributed by atoms with Crippen molar-refractivity contribution in [1.29, 1.82) is 0 Å². The zero-order chi connectivity index (χ0) is 9.19. The molecule has 0 saturated carbocycles. The van der Waals surface area contributed by atoms with E-state index in [0.29, 0.717) is 13.2 Å². The quantitative estimate of drug-likeness (QED) is 0.615. The Morgan fingerprint density at radius 2 is 2.25 bits per heavy atom. The number of rotatable bonds is 1. The van der Waals surface area contributed by atoms with Gasteiger partial charge in [0.25, 0.3) is 6.43 Å². The molecule has 3 nitrogen and oxygen atoms in total. The lowest BCUT2D eigenvalue weighted by atomic mass is 10.1. The molecule has 0 aromatic carbocycles. The lowest BCUT2D eigenvalue weighted by Crippen LogP contribution is -2.48. The van der Waals surface area contributed by atoms with E-state index in [-0.39, 0.29) is 13.2 Å². The van der Waals surface area contributed by atoms with Crippen LogP contribution in [-0.4, -0.2) is 55.4 Å². The highest BCUT2D eigenvalue weighted by Crippen LogP contribution is 2.19. The van der Waals surface area contributed by atoms with Crippen LogP contribution in [0.5, 0.6) is 0 Å². The van der Waals surface area contributed by atoms with Crippen LogP contribution in [0.3, 0.4) is 0 Å². The van der Waals surface area contributed by atoms with Gasteiger partial charge in [-0.05, 0) is 7.05 Å². The number of alkyl halides is 2. The van der Waals surface area contributed by atoms with E-state index >= 15 is 0 Å². The third-order valence-electron chi connectivity index (χ3n) is 1.92. The number of hydrogen-bond donors (Lipinski definition) is 1. The minimum Gasteiger partial charge on any atom is -0.380 e. The van der Waals surface area contributed by atoms with Crippen LogP contribution in [0.2, 0.25) is 0 Å². The van der Waals surface area contributed by atoms with E-state index in [2.05, 4.69) is 0 Å². The van der Waals surface area contributed by atoms with Gasteiger partial charge in [-0.3, -0.25) is 0 Å². The minimum absolute atomic E-state index is 0.0370. The van der Waals surface area contributed by atoms with Crippen molar-refractivity contribution in [2.75, 3.05) is 33.4 Å². The largest absolute Gasteiger partial charge is 0.380 e. The van der Waals surface area contributed by atoms with Gasteiger partial charge in [-0.2, -0.15) is 0 Å². The first-order chi connectivity index (χ1) is 5.54. The second-order valence-corrected chi connectivity index (χ2v) is 3.19. The van der Waals surface area contributed by atoms with Crippen LogP contribution in [0, 0.1) is 0 Å². The van der Waals surface area contributed by atoms with Gasteiger partial charge in [0, 0.05) is 13.1 Å². The zero-order valence-electron chi connectivity index (χ0n) is 6.96. The highest BCUT2D eigenvalue weighted by atomic mass is 19.3. The molecule has 1 aliphatic rings. The Bertz CT molecular complexity index is 156. The van der Waals surface area contributed by atoms with Crippen molar-refractivity contribution in [2.45, 2.75) is 12.0 Å². The van der Waals surface area contributed by atoms with Gasteiger partial charge in [0.05, 0.1) is 13.2 Å². The summed E-state index contributed by atoms with van der Waals surface area (Å²) in [6.07, 6.45) is -2.75. The monoisotopic (exact) mass is 181 g/mol. The molecule has 1 atom stereocenters. The first-order valence-corrected chi connectivity index (χ1v) is 3.81. The van der Waals surface area contributed by atoms with Crippen molar-refractivity contribution in [3.8, 4) is 0 Å². The van der Waals surface area contributed by atoms with E-state index in [9.17, 15) is 13.9 Å². The second-order valence-electron chi connectivity index (χ2n) is 3.19. The standard InChI is InChI=1S/C7H13F2NO2/c1-10-2-3-12-5-7(11,4-10)6(8)9/h6,11H,2-5H2,1H3. The van der Waals surface area contributed by atoms with Crippen LogP contribution >= 0.6 is 0 Å². The first kappa shape index (κ1) is 9.83. The maximum Gasteiger partial charge on any atom is 0.270 e. The van der Waals surface area contributed by atoms with Gasteiger partial charge >= 0.3 is 0 Å². The van der Waals surface area contributed by atoms with Gasteiger partial charge < -0.3 is 14.7 Å². The van der Waals surface area contributed by atoms with Crippen molar-refractivity contribution in [3.63, 3.8) is 0 Å². The fourth-order valence-corrected chi connectivity index (χ4v) is 1.19. The Kier molecular flexibility index (Phi) is 2.98. The topological polar surface area (TPSA) is 32.7 Å². The average Bonchev–Trinajstić information content (AvgIpc) is 2.12. The molecule has 0 aromatic heterocycles. The number of aliphatic hydroxyl groups is 1. The number of nitrogens with zero attached hydrogens (tertiary/aromatic N) is 1. The summed E-state index contributed by atoms with van der Waals surface area (Å²) in [6, 6.07) is 0. The number of ether oxygens (including phenoxy) is 1. The minimum atomic E-state index is -2.75. The molecule has 0 aromatic rings. The summed E-state index contributed by atoms with van der Waals surface area (Å²) in [5, 5.41) is 9.38. The Hall–Kier alpha value is -0.260. The molecule has 1 N–H and O–H groups in total. The normalized spacial score (nSPS) is 33.8. The Balaban J connectivity index is 2.61. The molecule has 0 spiro atoms. The van der Waals surface area contributed by atoms with Crippen molar-refractivity contribution in [3.05, 3.63) is 0 Å². The molecule has 0 aliphatic carbocycles. The Morgan fingerprint density at radius 3 is 2.83 bits per heavy atom. The van der Waals surface area contributed by atoms with E-state index < -0.39 is 12.0 Å². The SMILES string of the molecule is CN1CCOCC(O)(C(F)F)C1. The molecule has 72 valence electrons. The number of halogens is 2. The summed E-state index contributed by atoms with van der Waals surface area (Å²) >= 11 is 0. The average molecular weight is 181 g/mol. The van der Waals surface area contributed by atoms with Crippen molar-refractivity contribution in [2.24, 2.45) is 0 Å². The lowest BCUT2D eigenvalue weighted by Gasteiger charge is -2.27. The van der Waals surface area contributed by atoms with Crippen molar-refractivity contribution >= 4 is 0 Å². The van der Waals surface area contributed by atoms with Gasteiger partial charge in [0.15, 0.2) is 5.60 Å². The summed E-state index contributed by atoms with van der Waals surface area (Å²) in [4.78, 5) is 1.64. The molecule has 5 heteroatoms. The zero-order valence-corrected chi connectivity index (χ0v) is 6.96. The molecule has 1 aliphatic heterocycles. The second kappa shape index (κ2) is 3.64. The van der Waals surface area contributed by atoms with Crippen LogP contribution in [0.4, 0.5) is 8.78 Å². The number of hydrogen-bond acceptors (Lipinski definition) is 3. The number of β-amino-alcohol motifs (C(OH)–C–C–N with tert-alkyl or cyclic N) is 1. The van der Waals surface area contributed by atoms with Gasteiger partial charge in [0.1, 0.15) is 0 Å². The van der Waals surface area contributed by atoms with Gasteiger partial charge in [-0.15, -0.1) is 0 Å². The predicted octanol–water partition coefficient (Wildman–Crippen LogP) is -0.0554. The fraction of sp³-hybridized carbons (Fsp3) is 1.00. The Labute approximate surface area is 69.9 Å². The molecule has 1 saturated heterocycles. The summed E-state index contributed by atoms with van der Waals surface area (Å²) in [6.45, 7) is 0.653. The van der Waals surface area contributed by atoms with Crippen LogP contribution in [0.25, 0.3) is 0 Å². The van der Waals surface area contributed by atoms with E-state index in [0.717, 1.165) is 0 Å². The first-order valence-electron chi connectivity index (χ1n) is 3.81. The predicted molar refractivity (Wildman–Crippen MR) is 39.3 cm³/mol. The number of likely N-dealkylation sites (N-methyl/N-ethyl adjacent to an activating group) is 1. The third-order valence-corrected chi connectivity index (χ3v) is 1.92. The van der Waals surface area contributed by atoms with Crippen LogP contribution in [0.15, 0.2) is 0 Å². The van der Waals surface area contributed by atoms with E-state index in [1.807, 2.05) is 0 Å². The van der Waals surface area contributed by atoms with Crippen molar-refractivity contribution in [1.82, 2.24) is 4.90 Å². The van der Waals surface area contributed by atoms with Crippen LogP contribution in [-0.2, 0) is 4.74 Å². The highest BCUT2D eigenvalue weighted by molar-refractivity contribution is 4.85. The van der Waals surface area contributed by atoms with Gasteiger partial charge in [-0.25, -0.2) is 8.78 Å². The summed E-state index contributed by atoms with van der Waals surface area (Å²) in [5.41, 5.74) is -1.99. The Morgan fingerprint density at radius 1 is 1.58 bits per heavy atom. The molecule has 1 unspecified atom stereocenters. The molecule has 0 radical (unpaired) electrons. The van der Waals surface area contributed by atoms with Crippen LogP contribution in [0.1, 0.15) is 0 Å². The smallest absolute Gasteiger partial charge is 0.270 e. The molecule has 1 heterocycles. The molecular weight excluding hydrogens is 168 g/mol. The molecule has 0 bridgehead atoms. The van der Waals surface area contributed by atoms with E-state index in [1.54, 1.807) is 11.9 Å². The molecule has 1 fully saturated rings. The van der Waals surface area contributed by atoms with Crippen molar-refractivity contribution < 1.29 is 18.6 Å². The third kappa shape index (κ3) is 2.12. The van der Waals surface area contributed by atoms with Crippen LogP contribution < -0.4 is 0 Å². The maximum absolute atomic E-state index is 12.3. The van der Waals surface area contributed by atoms with Gasteiger partial charge in [0.2, 0.25) is 0 Å². The molecule has 12 heavy (non-hydrogen) atoms. The lowest BCUT2D eigenvalue weighted by molar-refractivity contribution is -0.131. The molecular formula is C7H13F2NO2.